The Labute approximate surface area is 91.7 Å². The van der Waals surface area contributed by atoms with Gasteiger partial charge in [0, 0.05) is 6.54 Å². The van der Waals surface area contributed by atoms with Gasteiger partial charge >= 0.3 is 0 Å². The number of furan rings is 1. The average Bonchev–Trinajstić information content (AvgIpc) is 2.70. The number of aliphatic hydroxyl groups is 1. The van der Waals surface area contributed by atoms with E-state index < -0.39 is 5.60 Å². The van der Waals surface area contributed by atoms with Crippen LogP contribution in [0.4, 0.5) is 0 Å². The van der Waals surface area contributed by atoms with E-state index in [-0.39, 0.29) is 0 Å². The van der Waals surface area contributed by atoms with Crippen molar-refractivity contribution in [3.8, 4) is 0 Å². The van der Waals surface area contributed by atoms with E-state index in [4.69, 9.17) is 4.42 Å². The molecule has 3 nitrogen and oxygen atoms in total. The molecule has 0 fully saturated rings. The first-order valence-electron chi connectivity index (χ1n) is 5.53. The van der Waals surface area contributed by atoms with Crippen molar-refractivity contribution < 1.29 is 9.52 Å². The fourth-order valence-corrected chi connectivity index (χ4v) is 1.70. The van der Waals surface area contributed by atoms with Crippen LogP contribution in [0.3, 0.4) is 0 Å². The van der Waals surface area contributed by atoms with Crippen molar-refractivity contribution in [2.45, 2.75) is 38.8 Å². The Hall–Kier alpha value is -0.800. The van der Waals surface area contributed by atoms with Crippen LogP contribution >= 0.6 is 0 Å². The van der Waals surface area contributed by atoms with Gasteiger partial charge in [-0.3, -0.25) is 4.90 Å². The highest BCUT2D eigenvalue weighted by molar-refractivity contribution is 4.98. The molecule has 0 spiro atoms. The second-order valence-corrected chi connectivity index (χ2v) is 4.18. The lowest BCUT2D eigenvalue weighted by Gasteiger charge is -2.30. The normalized spacial score (nSPS) is 12.3. The van der Waals surface area contributed by atoms with Crippen LogP contribution in [-0.4, -0.2) is 29.2 Å². The molecule has 0 atom stereocenters. The van der Waals surface area contributed by atoms with E-state index in [1.54, 1.807) is 6.26 Å². The summed E-state index contributed by atoms with van der Waals surface area (Å²) in [6, 6.07) is 3.84. The van der Waals surface area contributed by atoms with Gasteiger partial charge in [0.05, 0.1) is 18.4 Å². The van der Waals surface area contributed by atoms with Gasteiger partial charge in [0.2, 0.25) is 0 Å². The van der Waals surface area contributed by atoms with Crippen LogP contribution in [0.1, 0.15) is 32.4 Å². The molecule has 1 rings (SSSR count). The van der Waals surface area contributed by atoms with Crippen molar-refractivity contribution in [2.24, 2.45) is 0 Å². The van der Waals surface area contributed by atoms with Crippen molar-refractivity contribution in [3.63, 3.8) is 0 Å². The predicted molar refractivity (Wildman–Crippen MR) is 60.6 cm³/mol. The molecule has 0 aromatic carbocycles. The largest absolute Gasteiger partial charge is 0.468 e. The third-order valence-corrected chi connectivity index (χ3v) is 2.89. The molecule has 0 unspecified atom stereocenters. The third kappa shape index (κ3) is 3.68. The Bertz CT molecular complexity index is 265. The van der Waals surface area contributed by atoms with Gasteiger partial charge in [-0.2, -0.15) is 0 Å². The second-order valence-electron chi connectivity index (χ2n) is 4.18. The molecule has 15 heavy (non-hydrogen) atoms. The Morgan fingerprint density at radius 3 is 2.53 bits per heavy atom. The van der Waals surface area contributed by atoms with Crippen molar-refractivity contribution >= 4 is 0 Å². The van der Waals surface area contributed by atoms with Crippen LogP contribution in [0, 0.1) is 0 Å². The monoisotopic (exact) mass is 211 g/mol. The molecule has 0 aliphatic rings. The van der Waals surface area contributed by atoms with Crippen LogP contribution in [0.25, 0.3) is 0 Å². The number of rotatable bonds is 6. The van der Waals surface area contributed by atoms with Gasteiger partial charge in [-0.05, 0) is 32.0 Å². The van der Waals surface area contributed by atoms with E-state index in [2.05, 4.69) is 4.90 Å². The zero-order valence-corrected chi connectivity index (χ0v) is 9.86. The summed E-state index contributed by atoms with van der Waals surface area (Å²) >= 11 is 0. The lowest BCUT2D eigenvalue weighted by molar-refractivity contribution is 0.0000918. The molecule has 0 amide bonds. The maximum Gasteiger partial charge on any atom is 0.117 e. The van der Waals surface area contributed by atoms with Crippen molar-refractivity contribution in [2.75, 3.05) is 13.6 Å². The van der Waals surface area contributed by atoms with E-state index in [9.17, 15) is 5.11 Å². The topological polar surface area (TPSA) is 36.6 Å². The number of hydrogen-bond donors (Lipinski definition) is 1. The standard InChI is InChI=1S/C12H21NO2/c1-4-12(14,5-2)10-13(3)9-11-7-6-8-15-11/h6-8,14H,4-5,9-10H2,1-3H3. The molecule has 0 aliphatic heterocycles. The van der Waals surface area contributed by atoms with Gasteiger partial charge in [0.25, 0.3) is 0 Å². The summed E-state index contributed by atoms with van der Waals surface area (Å²) in [7, 11) is 2.00. The molecule has 0 radical (unpaired) electrons. The molecule has 1 aromatic heterocycles. The molecule has 86 valence electrons. The molecule has 1 N–H and O–H groups in total. The van der Waals surface area contributed by atoms with Gasteiger partial charge in [-0.15, -0.1) is 0 Å². The highest BCUT2D eigenvalue weighted by Gasteiger charge is 2.24. The first-order chi connectivity index (χ1) is 7.09. The van der Waals surface area contributed by atoms with Gasteiger partial charge in [-0.25, -0.2) is 0 Å². The Morgan fingerprint density at radius 1 is 1.40 bits per heavy atom. The SMILES string of the molecule is CCC(O)(CC)CN(C)Cc1ccco1. The summed E-state index contributed by atoms with van der Waals surface area (Å²) in [6.45, 7) is 5.46. The minimum atomic E-state index is -0.568. The number of nitrogens with zero attached hydrogens (tertiary/aromatic N) is 1. The highest BCUT2D eigenvalue weighted by Crippen LogP contribution is 2.16. The molecular formula is C12H21NO2. The number of likely N-dealkylation sites (N-methyl/N-ethyl adjacent to an activating group) is 1. The first kappa shape index (κ1) is 12.3. The van der Waals surface area contributed by atoms with E-state index in [0.717, 1.165) is 25.1 Å². The minimum Gasteiger partial charge on any atom is -0.468 e. The summed E-state index contributed by atoms with van der Waals surface area (Å²) in [4.78, 5) is 2.09. The summed E-state index contributed by atoms with van der Waals surface area (Å²) in [5.74, 6) is 0.937. The molecule has 0 bridgehead atoms. The molecule has 0 aliphatic carbocycles. The summed E-state index contributed by atoms with van der Waals surface area (Å²) in [5, 5.41) is 10.2. The quantitative estimate of drug-likeness (QED) is 0.784. The summed E-state index contributed by atoms with van der Waals surface area (Å²) < 4.78 is 5.26. The van der Waals surface area contributed by atoms with Crippen LogP contribution in [0.15, 0.2) is 22.8 Å². The van der Waals surface area contributed by atoms with Gasteiger partial charge in [0.15, 0.2) is 0 Å². The molecule has 1 heterocycles. The van der Waals surface area contributed by atoms with Gasteiger partial charge < -0.3 is 9.52 Å². The molecular weight excluding hydrogens is 190 g/mol. The lowest BCUT2D eigenvalue weighted by atomic mass is 9.97. The Balaban J connectivity index is 2.44. The molecule has 0 saturated carbocycles. The van der Waals surface area contributed by atoms with Crippen LogP contribution in [0.5, 0.6) is 0 Å². The first-order valence-corrected chi connectivity index (χ1v) is 5.53. The van der Waals surface area contributed by atoms with Gasteiger partial charge in [0.1, 0.15) is 5.76 Å². The predicted octanol–water partition coefficient (Wildman–Crippen LogP) is 2.26. The average molecular weight is 211 g/mol. The third-order valence-electron chi connectivity index (χ3n) is 2.89. The zero-order chi connectivity index (χ0) is 11.3. The van der Waals surface area contributed by atoms with E-state index in [1.165, 1.54) is 0 Å². The summed E-state index contributed by atoms with van der Waals surface area (Å²) in [6.07, 6.45) is 3.24. The van der Waals surface area contributed by atoms with Crippen LogP contribution < -0.4 is 0 Å². The fourth-order valence-electron chi connectivity index (χ4n) is 1.70. The zero-order valence-electron chi connectivity index (χ0n) is 9.86. The van der Waals surface area contributed by atoms with E-state index >= 15 is 0 Å². The van der Waals surface area contributed by atoms with Crippen molar-refractivity contribution in [3.05, 3.63) is 24.2 Å². The summed E-state index contributed by atoms with van der Waals surface area (Å²) in [5.41, 5.74) is -0.568. The molecule has 1 aromatic rings. The van der Waals surface area contributed by atoms with Crippen LogP contribution in [-0.2, 0) is 6.54 Å². The van der Waals surface area contributed by atoms with Crippen LogP contribution in [0.2, 0.25) is 0 Å². The maximum atomic E-state index is 10.2. The second kappa shape index (κ2) is 5.33. The van der Waals surface area contributed by atoms with Crippen molar-refractivity contribution in [1.29, 1.82) is 0 Å². The van der Waals surface area contributed by atoms with Crippen molar-refractivity contribution in [1.82, 2.24) is 4.90 Å². The smallest absolute Gasteiger partial charge is 0.117 e. The fraction of sp³-hybridized carbons (Fsp3) is 0.667. The minimum absolute atomic E-state index is 0.568. The van der Waals surface area contributed by atoms with E-state index in [1.807, 2.05) is 33.0 Å². The molecule has 0 saturated heterocycles. The number of hydrogen-bond acceptors (Lipinski definition) is 3. The lowest BCUT2D eigenvalue weighted by Crippen LogP contribution is -2.40. The Kier molecular flexibility index (Phi) is 4.36. The Morgan fingerprint density at radius 2 is 2.07 bits per heavy atom. The highest BCUT2D eigenvalue weighted by atomic mass is 16.3. The van der Waals surface area contributed by atoms with E-state index in [0.29, 0.717) is 6.54 Å². The maximum absolute atomic E-state index is 10.2. The van der Waals surface area contributed by atoms with Gasteiger partial charge in [-0.1, -0.05) is 13.8 Å². The molecule has 3 heteroatoms.